The Kier molecular flexibility index (Phi) is 6.68. The Balaban J connectivity index is 1.87. The minimum atomic E-state index is -0.0739. The van der Waals surface area contributed by atoms with Crippen molar-refractivity contribution in [1.82, 2.24) is 20.1 Å². The predicted molar refractivity (Wildman–Crippen MR) is 110 cm³/mol. The summed E-state index contributed by atoms with van der Waals surface area (Å²) in [5.41, 5.74) is 2.05. The first-order valence-electron chi connectivity index (χ1n) is 8.42. The van der Waals surface area contributed by atoms with Gasteiger partial charge in [-0.2, -0.15) is 0 Å². The van der Waals surface area contributed by atoms with E-state index in [0.29, 0.717) is 23.1 Å². The van der Waals surface area contributed by atoms with E-state index < -0.39 is 0 Å². The van der Waals surface area contributed by atoms with Crippen LogP contribution in [0.1, 0.15) is 11.4 Å². The standard InChI is InChI=1S/C20H19ClN4OS/c1-2-12-22-19(26)14-27-20-24-23-18(13-15-6-4-3-5-7-15)25(20)17-10-8-16(21)9-11-17/h2-11H,1,12-14H2,(H,22,26). The smallest absolute Gasteiger partial charge is 0.230 e. The number of carbonyl (C=O) groups excluding carboxylic acids is 1. The van der Waals surface area contributed by atoms with Crippen LogP contribution in [0.5, 0.6) is 0 Å². The van der Waals surface area contributed by atoms with Crippen molar-refractivity contribution in [2.45, 2.75) is 11.6 Å². The molecule has 0 aliphatic carbocycles. The molecule has 0 bridgehead atoms. The van der Waals surface area contributed by atoms with Crippen molar-refractivity contribution in [2.24, 2.45) is 0 Å². The molecule has 27 heavy (non-hydrogen) atoms. The van der Waals surface area contributed by atoms with Crippen LogP contribution in [-0.4, -0.2) is 33.0 Å². The van der Waals surface area contributed by atoms with Gasteiger partial charge in [-0.3, -0.25) is 9.36 Å². The maximum atomic E-state index is 11.9. The van der Waals surface area contributed by atoms with Gasteiger partial charge in [-0.15, -0.1) is 16.8 Å². The maximum absolute atomic E-state index is 11.9. The summed E-state index contributed by atoms with van der Waals surface area (Å²) in [6.45, 7) is 4.04. The van der Waals surface area contributed by atoms with Crippen LogP contribution >= 0.6 is 23.4 Å². The lowest BCUT2D eigenvalue weighted by Gasteiger charge is -2.10. The fraction of sp³-hybridized carbons (Fsp3) is 0.150. The third-order valence-electron chi connectivity index (χ3n) is 3.77. The average molecular weight is 399 g/mol. The predicted octanol–water partition coefficient (Wildman–Crippen LogP) is 3.91. The van der Waals surface area contributed by atoms with E-state index >= 15 is 0 Å². The molecule has 0 aliphatic rings. The molecular formula is C20H19ClN4OS. The molecule has 7 heteroatoms. The summed E-state index contributed by atoms with van der Waals surface area (Å²) in [4.78, 5) is 11.9. The van der Waals surface area contributed by atoms with Crippen LogP contribution < -0.4 is 5.32 Å². The zero-order valence-corrected chi connectivity index (χ0v) is 16.2. The Morgan fingerprint density at radius 1 is 1.15 bits per heavy atom. The highest BCUT2D eigenvalue weighted by Crippen LogP contribution is 2.24. The Labute approximate surface area is 167 Å². The number of rotatable bonds is 8. The van der Waals surface area contributed by atoms with Gasteiger partial charge in [-0.25, -0.2) is 0 Å². The van der Waals surface area contributed by atoms with Gasteiger partial charge in [0.25, 0.3) is 0 Å². The Morgan fingerprint density at radius 2 is 1.89 bits per heavy atom. The summed E-state index contributed by atoms with van der Waals surface area (Å²) >= 11 is 7.37. The molecule has 0 saturated carbocycles. The summed E-state index contributed by atoms with van der Waals surface area (Å²) in [6, 6.07) is 17.6. The van der Waals surface area contributed by atoms with E-state index in [0.717, 1.165) is 17.1 Å². The summed E-state index contributed by atoms with van der Waals surface area (Å²) in [5, 5.41) is 12.8. The number of hydrogen-bond acceptors (Lipinski definition) is 4. The quantitative estimate of drug-likeness (QED) is 0.461. The lowest BCUT2D eigenvalue weighted by Crippen LogP contribution is -2.25. The highest BCUT2D eigenvalue weighted by Gasteiger charge is 2.16. The largest absolute Gasteiger partial charge is 0.352 e. The molecule has 1 N–H and O–H groups in total. The van der Waals surface area contributed by atoms with Crippen LogP contribution in [-0.2, 0) is 11.2 Å². The molecule has 0 unspecified atom stereocenters. The zero-order chi connectivity index (χ0) is 19.1. The second kappa shape index (κ2) is 9.39. The number of halogens is 1. The molecule has 3 aromatic rings. The van der Waals surface area contributed by atoms with E-state index in [9.17, 15) is 4.79 Å². The number of carbonyl (C=O) groups is 1. The van der Waals surface area contributed by atoms with Gasteiger partial charge in [0.1, 0.15) is 5.82 Å². The minimum Gasteiger partial charge on any atom is -0.352 e. The number of hydrogen-bond donors (Lipinski definition) is 1. The first-order chi connectivity index (χ1) is 13.2. The molecule has 5 nitrogen and oxygen atoms in total. The van der Waals surface area contributed by atoms with Gasteiger partial charge in [0.15, 0.2) is 5.16 Å². The summed E-state index contributed by atoms with van der Waals surface area (Å²) < 4.78 is 1.97. The third-order valence-corrected chi connectivity index (χ3v) is 4.95. The maximum Gasteiger partial charge on any atom is 0.230 e. The minimum absolute atomic E-state index is 0.0739. The van der Waals surface area contributed by atoms with Crippen molar-refractivity contribution >= 4 is 29.3 Å². The van der Waals surface area contributed by atoms with Gasteiger partial charge in [-0.1, -0.05) is 59.8 Å². The Bertz CT molecular complexity index is 909. The second-order valence-electron chi connectivity index (χ2n) is 5.75. The number of benzene rings is 2. The number of nitrogens with zero attached hydrogens (tertiary/aromatic N) is 3. The normalized spacial score (nSPS) is 10.6. The monoisotopic (exact) mass is 398 g/mol. The molecule has 1 amide bonds. The molecule has 0 fully saturated rings. The fourth-order valence-electron chi connectivity index (χ4n) is 2.50. The lowest BCUT2D eigenvalue weighted by molar-refractivity contribution is -0.118. The number of nitrogens with one attached hydrogen (secondary N) is 1. The van der Waals surface area contributed by atoms with E-state index in [1.165, 1.54) is 11.8 Å². The molecule has 0 spiro atoms. The molecule has 1 aromatic heterocycles. The molecule has 1 heterocycles. The van der Waals surface area contributed by atoms with Crippen LogP contribution in [0.4, 0.5) is 0 Å². The summed E-state index contributed by atoms with van der Waals surface area (Å²) in [5.74, 6) is 0.984. The van der Waals surface area contributed by atoms with Gasteiger partial charge in [-0.05, 0) is 29.8 Å². The Hall–Kier alpha value is -2.57. The first kappa shape index (κ1) is 19.2. The van der Waals surface area contributed by atoms with E-state index in [4.69, 9.17) is 11.6 Å². The van der Waals surface area contributed by atoms with E-state index in [1.54, 1.807) is 6.08 Å². The highest BCUT2D eigenvalue weighted by atomic mass is 35.5. The average Bonchev–Trinajstić information content (AvgIpc) is 3.08. The van der Waals surface area contributed by atoms with Gasteiger partial charge < -0.3 is 5.32 Å². The van der Waals surface area contributed by atoms with Crippen molar-refractivity contribution in [3.63, 3.8) is 0 Å². The fourth-order valence-corrected chi connectivity index (χ4v) is 3.43. The SMILES string of the molecule is C=CCNC(=O)CSc1nnc(Cc2ccccc2)n1-c1ccc(Cl)cc1. The van der Waals surface area contributed by atoms with E-state index in [2.05, 4.69) is 34.2 Å². The molecule has 0 atom stereocenters. The third kappa shape index (κ3) is 5.21. The van der Waals surface area contributed by atoms with Crippen LogP contribution in [0, 0.1) is 0 Å². The topological polar surface area (TPSA) is 59.8 Å². The van der Waals surface area contributed by atoms with Crippen LogP contribution in [0.3, 0.4) is 0 Å². The first-order valence-corrected chi connectivity index (χ1v) is 9.78. The van der Waals surface area contributed by atoms with Crippen molar-refractivity contribution < 1.29 is 4.79 Å². The summed E-state index contributed by atoms with van der Waals surface area (Å²) in [7, 11) is 0. The zero-order valence-electron chi connectivity index (χ0n) is 14.6. The second-order valence-corrected chi connectivity index (χ2v) is 7.13. The van der Waals surface area contributed by atoms with Crippen LogP contribution in [0.25, 0.3) is 5.69 Å². The number of aromatic nitrogens is 3. The Morgan fingerprint density at radius 3 is 2.59 bits per heavy atom. The molecule has 0 saturated heterocycles. The number of thioether (sulfide) groups is 1. The molecule has 0 aliphatic heterocycles. The van der Waals surface area contributed by atoms with Crippen molar-refractivity contribution in [2.75, 3.05) is 12.3 Å². The van der Waals surface area contributed by atoms with Crippen molar-refractivity contribution in [1.29, 1.82) is 0 Å². The van der Waals surface area contributed by atoms with Gasteiger partial charge in [0.05, 0.1) is 5.75 Å². The van der Waals surface area contributed by atoms with Crippen molar-refractivity contribution in [3.8, 4) is 5.69 Å². The van der Waals surface area contributed by atoms with Crippen LogP contribution in [0.2, 0.25) is 5.02 Å². The lowest BCUT2D eigenvalue weighted by atomic mass is 10.1. The van der Waals surface area contributed by atoms with Gasteiger partial charge in [0.2, 0.25) is 5.91 Å². The highest BCUT2D eigenvalue weighted by molar-refractivity contribution is 7.99. The molecule has 3 rings (SSSR count). The van der Waals surface area contributed by atoms with E-state index in [-0.39, 0.29) is 11.7 Å². The molecular weight excluding hydrogens is 380 g/mol. The molecule has 138 valence electrons. The number of amides is 1. The summed E-state index contributed by atoms with van der Waals surface area (Å²) in [6.07, 6.45) is 2.29. The van der Waals surface area contributed by atoms with Gasteiger partial charge >= 0.3 is 0 Å². The molecule has 0 radical (unpaired) electrons. The molecule has 2 aromatic carbocycles. The van der Waals surface area contributed by atoms with Crippen LogP contribution in [0.15, 0.2) is 72.4 Å². The van der Waals surface area contributed by atoms with Crippen molar-refractivity contribution in [3.05, 3.63) is 83.7 Å². The van der Waals surface area contributed by atoms with Gasteiger partial charge in [0, 0.05) is 23.7 Å². The van der Waals surface area contributed by atoms with E-state index in [1.807, 2.05) is 47.0 Å².